The van der Waals surface area contributed by atoms with Crippen molar-refractivity contribution in [2.45, 2.75) is 27.3 Å². The van der Waals surface area contributed by atoms with E-state index in [1.54, 1.807) is 12.1 Å². The highest BCUT2D eigenvalue weighted by molar-refractivity contribution is 14.0. The number of carbonyl (C=O) groups is 1. The number of para-hydroxylation sites is 1. The largest absolute Gasteiger partial charge is 0.508 e. The van der Waals surface area contributed by atoms with Gasteiger partial charge in [-0.2, -0.15) is 5.10 Å². The minimum absolute atomic E-state index is 0. The second kappa shape index (κ2) is 12.8. The molecule has 0 saturated carbocycles. The average Bonchev–Trinajstić information content (AvgIpc) is 3.13. The van der Waals surface area contributed by atoms with E-state index in [2.05, 4.69) is 33.2 Å². The predicted molar refractivity (Wildman–Crippen MR) is 142 cm³/mol. The van der Waals surface area contributed by atoms with Crippen molar-refractivity contribution in [3.63, 3.8) is 0 Å². The van der Waals surface area contributed by atoms with Crippen molar-refractivity contribution in [3.8, 4) is 11.4 Å². The lowest BCUT2D eigenvalue weighted by Crippen LogP contribution is -2.41. The van der Waals surface area contributed by atoms with Gasteiger partial charge in [0, 0.05) is 30.9 Å². The van der Waals surface area contributed by atoms with Gasteiger partial charge in [0.2, 0.25) is 0 Å². The summed E-state index contributed by atoms with van der Waals surface area (Å²) in [5, 5.41) is 23.2. The molecule has 0 aliphatic heterocycles. The number of halogens is 1. The van der Waals surface area contributed by atoms with Gasteiger partial charge >= 0.3 is 0 Å². The summed E-state index contributed by atoms with van der Waals surface area (Å²) >= 11 is 0. The van der Waals surface area contributed by atoms with Crippen LogP contribution in [0.25, 0.3) is 5.69 Å². The zero-order valence-electron chi connectivity index (χ0n) is 19.1. The summed E-state index contributed by atoms with van der Waals surface area (Å²) in [6, 6.07) is 16.3. The number of rotatable bonds is 8. The number of hydrogen-bond acceptors (Lipinski definition) is 4. The van der Waals surface area contributed by atoms with E-state index in [1.807, 2.05) is 43.7 Å². The van der Waals surface area contributed by atoms with Crippen molar-refractivity contribution in [1.29, 1.82) is 0 Å². The number of aromatic nitrogens is 2. The number of phenols is 1. The Kier molecular flexibility index (Phi) is 10.2. The molecule has 0 radical (unpaired) electrons. The molecule has 0 spiro atoms. The third-order valence-electron chi connectivity index (χ3n) is 4.81. The smallest absolute Gasteiger partial charge is 0.251 e. The molecule has 176 valence electrons. The number of hydrogen-bond donors (Lipinski definition) is 4. The second-order valence-corrected chi connectivity index (χ2v) is 7.39. The number of guanidine groups is 1. The van der Waals surface area contributed by atoms with E-state index in [0.29, 0.717) is 31.2 Å². The van der Waals surface area contributed by atoms with E-state index in [-0.39, 0.29) is 35.6 Å². The van der Waals surface area contributed by atoms with Crippen LogP contribution >= 0.6 is 24.0 Å². The first kappa shape index (κ1) is 26.2. The maximum absolute atomic E-state index is 12.2. The Hall–Kier alpha value is -3.08. The summed E-state index contributed by atoms with van der Waals surface area (Å²) < 4.78 is 1.94. The molecular formula is C24H31IN6O2. The van der Waals surface area contributed by atoms with Crippen LogP contribution in [-0.2, 0) is 6.54 Å². The lowest BCUT2D eigenvalue weighted by atomic mass is 10.2. The normalized spacial score (nSPS) is 10.9. The molecule has 0 bridgehead atoms. The van der Waals surface area contributed by atoms with Gasteiger partial charge in [-0.05, 0) is 62.7 Å². The topological polar surface area (TPSA) is 104 Å². The Bertz CT molecular complexity index is 1080. The van der Waals surface area contributed by atoms with Crippen molar-refractivity contribution >= 4 is 35.8 Å². The molecule has 1 heterocycles. The maximum Gasteiger partial charge on any atom is 0.251 e. The zero-order chi connectivity index (χ0) is 22.9. The molecule has 8 nitrogen and oxygen atoms in total. The van der Waals surface area contributed by atoms with E-state index in [1.165, 1.54) is 12.1 Å². The van der Waals surface area contributed by atoms with E-state index in [4.69, 9.17) is 4.99 Å². The molecule has 1 aromatic heterocycles. The minimum Gasteiger partial charge on any atom is -0.508 e. The fourth-order valence-corrected chi connectivity index (χ4v) is 3.30. The highest BCUT2D eigenvalue weighted by atomic mass is 127. The van der Waals surface area contributed by atoms with Crippen LogP contribution in [0.4, 0.5) is 0 Å². The van der Waals surface area contributed by atoms with Crippen molar-refractivity contribution in [1.82, 2.24) is 25.7 Å². The van der Waals surface area contributed by atoms with E-state index >= 15 is 0 Å². The first-order chi connectivity index (χ1) is 15.5. The van der Waals surface area contributed by atoms with Crippen LogP contribution in [0.2, 0.25) is 0 Å². The highest BCUT2D eigenvalue weighted by Gasteiger charge is 2.09. The predicted octanol–water partition coefficient (Wildman–Crippen LogP) is 3.30. The fraction of sp³-hybridized carbons (Fsp3) is 0.292. The van der Waals surface area contributed by atoms with Crippen LogP contribution in [0.1, 0.15) is 34.2 Å². The molecular weight excluding hydrogens is 531 g/mol. The van der Waals surface area contributed by atoms with Gasteiger partial charge in [-0.15, -0.1) is 24.0 Å². The number of aryl methyl sites for hydroxylation is 2. The Morgan fingerprint density at radius 2 is 1.73 bits per heavy atom. The molecule has 0 saturated heterocycles. The zero-order valence-corrected chi connectivity index (χ0v) is 21.5. The van der Waals surface area contributed by atoms with Crippen molar-refractivity contribution in [2.24, 2.45) is 4.99 Å². The maximum atomic E-state index is 12.2. The summed E-state index contributed by atoms with van der Waals surface area (Å²) in [4.78, 5) is 16.9. The standard InChI is InChI=1S/C24H30N6O2.HI/c1-4-25-24(27-14-13-26-23(32)19-9-11-21(31)12-10-19)28-16-20-7-5-6-8-22(20)30-18(3)15-17(2)29-30;/h5-12,15,31H,4,13-14,16H2,1-3H3,(H,26,32)(H2,25,27,28);1H. The molecule has 0 atom stereocenters. The number of benzene rings is 2. The Balaban J connectivity index is 0.00000385. The Labute approximate surface area is 211 Å². The summed E-state index contributed by atoms with van der Waals surface area (Å²) in [5.74, 6) is 0.622. The third kappa shape index (κ3) is 7.48. The molecule has 1 amide bonds. The lowest BCUT2D eigenvalue weighted by Gasteiger charge is -2.13. The van der Waals surface area contributed by atoms with Gasteiger partial charge in [-0.3, -0.25) is 4.79 Å². The highest BCUT2D eigenvalue weighted by Crippen LogP contribution is 2.17. The molecule has 0 unspecified atom stereocenters. The quantitative estimate of drug-likeness (QED) is 0.146. The number of nitrogens with zero attached hydrogens (tertiary/aromatic N) is 3. The average molecular weight is 562 g/mol. The summed E-state index contributed by atoms with van der Waals surface area (Å²) in [7, 11) is 0. The fourth-order valence-electron chi connectivity index (χ4n) is 3.30. The third-order valence-corrected chi connectivity index (χ3v) is 4.81. The molecule has 0 fully saturated rings. The first-order valence-corrected chi connectivity index (χ1v) is 10.7. The molecule has 33 heavy (non-hydrogen) atoms. The van der Waals surface area contributed by atoms with Crippen molar-refractivity contribution in [2.75, 3.05) is 19.6 Å². The molecule has 0 aliphatic carbocycles. The molecule has 9 heteroatoms. The van der Waals surface area contributed by atoms with Crippen LogP contribution in [0.3, 0.4) is 0 Å². The molecule has 3 rings (SSSR count). The van der Waals surface area contributed by atoms with Crippen LogP contribution in [-0.4, -0.2) is 46.4 Å². The van der Waals surface area contributed by atoms with E-state index < -0.39 is 0 Å². The van der Waals surface area contributed by atoms with Crippen LogP contribution in [0, 0.1) is 13.8 Å². The van der Waals surface area contributed by atoms with Crippen molar-refractivity contribution in [3.05, 3.63) is 77.1 Å². The summed E-state index contributed by atoms with van der Waals surface area (Å²) in [5.41, 5.74) is 4.64. The Morgan fingerprint density at radius 1 is 1.03 bits per heavy atom. The summed E-state index contributed by atoms with van der Waals surface area (Å²) in [6.07, 6.45) is 0. The number of phenolic OH excluding ortho intramolecular Hbond substituents is 1. The number of carbonyl (C=O) groups excluding carboxylic acids is 1. The molecule has 3 aromatic rings. The van der Waals surface area contributed by atoms with Crippen LogP contribution < -0.4 is 16.0 Å². The van der Waals surface area contributed by atoms with E-state index in [0.717, 1.165) is 29.2 Å². The van der Waals surface area contributed by atoms with Crippen LogP contribution in [0.5, 0.6) is 5.75 Å². The second-order valence-electron chi connectivity index (χ2n) is 7.39. The van der Waals surface area contributed by atoms with Crippen molar-refractivity contribution < 1.29 is 9.90 Å². The molecule has 2 aromatic carbocycles. The number of aliphatic imine (C=N–C) groups is 1. The van der Waals surface area contributed by atoms with Gasteiger partial charge in [0.25, 0.3) is 5.91 Å². The van der Waals surface area contributed by atoms with Gasteiger partial charge in [0.1, 0.15) is 5.75 Å². The summed E-state index contributed by atoms with van der Waals surface area (Å²) in [6.45, 7) is 8.21. The number of amides is 1. The first-order valence-electron chi connectivity index (χ1n) is 10.7. The van der Waals surface area contributed by atoms with Gasteiger partial charge in [0.15, 0.2) is 5.96 Å². The van der Waals surface area contributed by atoms with E-state index in [9.17, 15) is 9.90 Å². The Morgan fingerprint density at radius 3 is 2.39 bits per heavy atom. The van der Waals surface area contributed by atoms with Gasteiger partial charge in [0.05, 0.1) is 17.9 Å². The number of nitrogens with one attached hydrogen (secondary N) is 3. The van der Waals surface area contributed by atoms with Gasteiger partial charge in [-0.1, -0.05) is 18.2 Å². The van der Waals surface area contributed by atoms with Crippen LogP contribution in [0.15, 0.2) is 59.6 Å². The monoisotopic (exact) mass is 562 g/mol. The SMILES string of the molecule is CCNC(=NCc1ccccc1-n1nc(C)cc1C)NCCNC(=O)c1ccc(O)cc1.I. The molecule has 0 aliphatic rings. The molecule has 4 N–H and O–H groups in total. The minimum atomic E-state index is -0.187. The number of aromatic hydroxyl groups is 1. The van der Waals surface area contributed by atoms with Gasteiger partial charge < -0.3 is 21.1 Å². The lowest BCUT2D eigenvalue weighted by molar-refractivity contribution is 0.0954. The van der Waals surface area contributed by atoms with Gasteiger partial charge in [-0.25, -0.2) is 9.67 Å².